The van der Waals surface area contributed by atoms with Crippen LogP contribution >= 0.6 is 0 Å². The lowest BCUT2D eigenvalue weighted by atomic mass is 10.0. The van der Waals surface area contributed by atoms with Crippen molar-refractivity contribution in [3.05, 3.63) is 77.1 Å². The van der Waals surface area contributed by atoms with Crippen molar-refractivity contribution in [3.8, 4) is 0 Å². The zero-order chi connectivity index (χ0) is 28.2. The number of aryl methyl sites for hydroxylation is 1. The zero-order valence-electron chi connectivity index (χ0n) is 23.0. The largest absolute Gasteiger partial charge is 0.383 e. The Morgan fingerprint density at radius 1 is 1.10 bits per heavy atom. The Hall–Kier alpha value is -3.99. The Balaban J connectivity index is 1.32. The van der Waals surface area contributed by atoms with Gasteiger partial charge in [0.2, 0.25) is 5.95 Å². The van der Waals surface area contributed by atoms with Gasteiger partial charge in [-0.15, -0.1) is 0 Å². The molecular weight excluding hydrogens is 516 g/mol. The maximum atomic E-state index is 15.3. The second kappa shape index (κ2) is 12.0. The predicted molar refractivity (Wildman–Crippen MR) is 147 cm³/mol. The van der Waals surface area contributed by atoms with E-state index in [9.17, 15) is 4.79 Å². The summed E-state index contributed by atoms with van der Waals surface area (Å²) in [7, 11) is 3.19. The maximum absolute atomic E-state index is 15.3. The third-order valence-corrected chi connectivity index (χ3v) is 7.52. The van der Waals surface area contributed by atoms with Crippen LogP contribution in [0.5, 0.6) is 0 Å². The minimum Gasteiger partial charge on any atom is -0.383 e. The number of carbonyl (C=O) groups is 1. The number of fused-ring (bicyclic) bond motifs is 1. The van der Waals surface area contributed by atoms with Crippen LogP contribution in [-0.4, -0.2) is 75.7 Å². The summed E-state index contributed by atoms with van der Waals surface area (Å²) < 4.78 is 37.3. The van der Waals surface area contributed by atoms with E-state index in [1.54, 1.807) is 26.3 Å². The van der Waals surface area contributed by atoms with Gasteiger partial charge in [0.25, 0.3) is 5.91 Å². The highest BCUT2D eigenvalue weighted by molar-refractivity contribution is 5.94. The number of carbonyl (C=O) groups excluding carboxylic acids is 1. The molecular formula is C29H33F2N7O2. The van der Waals surface area contributed by atoms with Crippen molar-refractivity contribution >= 4 is 22.9 Å². The smallest absolute Gasteiger partial charge is 0.253 e. The molecule has 11 heteroatoms. The Bertz CT molecular complexity index is 1480. The van der Waals surface area contributed by atoms with Crippen molar-refractivity contribution in [2.75, 3.05) is 45.3 Å². The number of nitrogens with zero attached hydrogens (tertiary/aromatic N) is 7. The van der Waals surface area contributed by atoms with Crippen LogP contribution < -0.4 is 4.90 Å². The van der Waals surface area contributed by atoms with Crippen LogP contribution in [0, 0.1) is 11.6 Å². The molecule has 3 aromatic heterocycles. The lowest BCUT2D eigenvalue weighted by Crippen LogP contribution is -2.35. The van der Waals surface area contributed by atoms with Crippen molar-refractivity contribution in [1.29, 1.82) is 0 Å². The van der Waals surface area contributed by atoms with Gasteiger partial charge in [-0.2, -0.15) is 0 Å². The number of methoxy groups -OCH3 is 1. The number of halogens is 2. The molecule has 0 unspecified atom stereocenters. The van der Waals surface area contributed by atoms with E-state index in [0.29, 0.717) is 41.4 Å². The summed E-state index contributed by atoms with van der Waals surface area (Å²) in [4.78, 5) is 33.9. The molecule has 4 aromatic rings. The van der Waals surface area contributed by atoms with Crippen LogP contribution in [0.1, 0.15) is 53.0 Å². The van der Waals surface area contributed by atoms with Crippen molar-refractivity contribution in [2.24, 2.45) is 0 Å². The first-order chi connectivity index (χ1) is 19.4. The fourth-order valence-corrected chi connectivity index (χ4v) is 5.10. The first kappa shape index (κ1) is 27.6. The lowest BCUT2D eigenvalue weighted by molar-refractivity contribution is 0.0743. The molecule has 9 nitrogen and oxygen atoms in total. The summed E-state index contributed by atoms with van der Waals surface area (Å²) in [6, 6.07) is 4.41. The van der Waals surface area contributed by atoms with Crippen LogP contribution in [0.2, 0.25) is 0 Å². The number of hydrogen-bond donors (Lipinski definition) is 0. The monoisotopic (exact) mass is 549 g/mol. The molecule has 0 saturated carbocycles. The molecule has 0 radical (unpaired) electrons. The summed E-state index contributed by atoms with van der Waals surface area (Å²) in [6.45, 7) is 4.34. The Morgan fingerprint density at radius 3 is 2.52 bits per heavy atom. The van der Waals surface area contributed by atoms with Gasteiger partial charge in [0, 0.05) is 70.4 Å². The van der Waals surface area contributed by atoms with Crippen LogP contribution in [0.25, 0.3) is 11.0 Å². The molecule has 1 fully saturated rings. The summed E-state index contributed by atoms with van der Waals surface area (Å²) >= 11 is 0. The number of benzene rings is 1. The number of amides is 1. The molecule has 4 heterocycles. The van der Waals surface area contributed by atoms with E-state index in [0.717, 1.165) is 37.9 Å². The van der Waals surface area contributed by atoms with Gasteiger partial charge in [-0.25, -0.2) is 28.7 Å². The van der Waals surface area contributed by atoms with Crippen molar-refractivity contribution in [3.63, 3.8) is 0 Å². The van der Waals surface area contributed by atoms with Gasteiger partial charge in [-0.05, 0) is 42.5 Å². The van der Waals surface area contributed by atoms with E-state index in [-0.39, 0.29) is 23.9 Å². The molecule has 1 amide bonds. The summed E-state index contributed by atoms with van der Waals surface area (Å²) in [5.41, 5.74) is 2.56. The number of anilines is 1. The Morgan fingerprint density at radius 2 is 1.85 bits per heavy atom. The van der Waals surface area contributed by atoms with Gasteiger partial charge in [0.05, 0.1) is 17.7 Å². The number of likely N-dealkylation sites (N-methyl/N-ethyl adjacent to an activating group) is 1. The fraction of sp³-hybridized carbons (Fsp3) is 0.414. The van der Waals surface area contributed by atoms with E-state index in [1.807, 2.05) is 17.0 Å². The first-order valence-electron chi connectivity index (χ1n) is 13.5. The summed E-state index contributed by atoms with van der Waals surface area (Å²) in [5, 5.41) is 0.294. The average molecular weight is 550 g/mol. The first-order valence-corrected chi connectivity index (χ1v) is 13.5. The fourth-order valence-electron chi connectivity index (χ4n) is 5.10. The molecule has 0 spiro atoms. The van der Waals surface area contributed by atoms with Gasteiger partial charge in [-0.3, -0.25) is 4.79 Å². The highest BCUT2D eigenvalue weighted by Gasteiger charge is 2.26. The quantitative estimate of drug-likeness (QED) is 0.309. The van der Waals surface area contributed by atoms with Gasteiger partial charge in [-0.1, -0.05) is 13.0 Å². The highest BCUT2D eigenvalue weighted by Crippen LogP contribution is 2.31. The summed E-state index contributed by atoms with van der Waals surface area (Å²) in [5.74, 6) is -0.566. The normalized spacial score (nSPS) is 14.2. The second-order valence-electron chi connectivity index (χ2n) is 10.1. The molecule has 1 aromatic carbocycles. The maximum Gasteiger partial charge on any atom is 0.253 e. The molecule has 210 valence electrons. The van der Waals surface area contributed by atoms with Gasteiger partial charge in [0.1, 0.15) is 17.8 Å². The minimum absolute atomic E-state index is 0.0537. The molecule has 5 rings (SSSR count). The predicted octanol–water partition coefficient (Wildman–Crippen LogP) is 4.21. The molecule has 0 aliphatic carbocycles. The van der Waals surface area contributed by atoms with E-state index in [4.69, 9.17) is 4.74 Å². The molecule has 1 aliphatic rings. The number of aromatic nitrogens is 5. The van der Waals surface area contributed by atoms with Crippen LogP contribution in [0.3, 0.4) is 0 Å². The molecule has 0 N–H and O–H groups in total. The molecule has 1 saturated heterocycles. The van der Waals surface area contributed by atoms with Crippen molar-refractivity contribution in [2.45, 2.75) is 38.6 Å². The number of hydrogen-bond acceptors (Lipinski definition) is 7. The number of ether oxygens (including phenoxy) is 1. The lowest BCUT2D eigenvalue weighted by Gasteiger charge is -2.32. The van der Waals surface area contributed by atoms with E-state index < -0.39 is 11.6 Å². The molecule has 0 atom stereocenters. The standard InChI is InChI=1S/C29H33F2N7O2/c1-4-19-15-32-29(33-16-19)37-9-7-22(8-10-37)38-17-24(31)26-25(34-18-35-27(26)38)14-20-5-6-21(13-23(20)30)28(39)36(2)11-12-40-3/h5-6,13,15-18,22H,4,7-12,14H2,1-3H3. The summed E-state index contributed by atoms with van der Waals surface area (Å²) in [6.07, 6.45) is 9.12. The number of piperidine rings is 1. The van der Waals surface area contributed by atoms with Crippen LogP contribution in [0.4, 0.5) is 14.7 Å². The molecule has 1 aliphatic heterocycles. The third kappa shape index (κ3) is 5.65. The van der Waals surface area contributed by atoms with Gasteiger partial charge < -0.3 is 19.1 Å². The van der Waals surface area contributed by atoms with E-state index in [2.05, 4.69) is 31.8 Å². The Labute approximate surface area is 231 Å². The van der Waals surface area contributed by atoms with Gasteiger partial charge in [0.15, 0.2) is 5.82 Å². The van der Waals surface area contributed by atoms with Crippen LogP contribution in [-0.2, 0) is 17.6 Å². The van der Waals surface area contributed by atoms with E-state index >= 15 is 8.78 Å². The molecule has 40 heavy (non-hydrogen) atoms. The highest BCUT2D eigenvalue weighted by atomic mass is 19.1. The minimum atomic E-state index is -0.542. The Kier molecular flexibility index (Phi) is 8.29. The van der Waals surface area contributed by atoms with Crippen molar-refractivity contribution in [1.82, 2.24) is 29.4 Å². The van der Waals surface area contributed by atoms with Crippen LogP contribution in [0.15, 0.2) is 43.1 Å². The second-order valence-corrected chi connectivity index (χ2v) is 10.1. The zero-order valence-corrected chi connectivity index (χ0v) is 23.0. The number of rotatable bonds is 9. The topological polar surface area (TPSA) is 89.3 Å². The SMILES string of the molecule is CCc1cnc(N2CCC(n3cc(F)c4c(Cc5ccc(C(=O)N(C)CCOC)cc5F)ncnc43)CC2)nc1. The molecule has 0 bridgehead atoms. The third-order valence-electron chi connectivity index (χ3n) is 7.52. The van der Waals surface area contributed by atoms with Crippen molar-refractivity contribution < 1.29 is 18.3 Å². The average Bonchev–Trinajstić information content (AvgIpc) is 3.33. The van der Waals surface area contributed by atoms with Gasteiger partial charge >= 0.3 is 0 Å². The van der Waals surface area contributed by atoms with E-state index in [1.165, 1.54) is 23.5 Å².